The Bertz CT molecular complexity index is 1800. The van der Waals surface area contributed by atoms with Crippen LogP contribution in [-0.4, -0.2) is 51.5 Å². The Morgan fingerprint density at radius 2 is 1.80 bits per heavy atom. The lowest BCUT2D eigenvalue weighted by atomic mass is 10.0. The molecule has 0 radical (unpaired) electrons. The van der Waals surface area contributed by atoms with Crippen molar-refractivity contribution in [1.82, 2.24) is 19.4 Å². The van der Waals surface area contributed by atoms with E-state index in [2.05, 4.69) is 16.4 Å². The Labute approximate surface area is 244 Å². The van der Waals surface area contributed by atoms with Crippen molar-refractivity contribution in [3.05, 3.63) is 98.9 Å². The Morgan fingerprint density at radius 1 is 1.10 bits per heavy atom. The summed E-state index contributed by atoms with van der Waals surface area (Å²) in [6, 6.07) is 11.5. The van der Waals surface area contributed by atoms with E-state index in [-0.39, 0.29) is 17.5 Å². The molecule has 1 aromatic carbocycles. The van der Waals surface area contributed by atoms with Crippen molar-refractivity contribution < 1.29 is 4.79 Å². The molecule has 1 fully saturated rings. The predicted molar refractivity (Wildman–Crippen MR) is 164 cm³/mol. The fourth-order valence-corrected chi connectivity index (χ4v) is 5.73. The van der Waals surface area contributed by atoms with Gasteiger partial charge in [-0.3, -0.25) is 19.1 Å². The highest BCUT2D eigenvalue weighted by atomic mass is 35.5. The maximum atomic E-state index is 14.4. The fraction of sp³-hybridized carbons (Fsp3) is 0.281. The van der Waals surface area contributed by atoms with E-state index in [1.54, 1.807) is 15.7 Å². The van der Waals surface area contributed by atoms with E-state index < -0.39 is 5.56 Å². The van der Waals surface area contributed by atoms with Crippen LogP contribution in [0.5, 0.6) is 0 Å². The first-order valence-corrected chi connectivity index (χ1v) is 13.9. The predicted octanol–water partition coefficient (Wildman–Crippen LogP) is 6.23. The summed E-state index contributed by atoms with van der Waals surface area (Å²) < 4.78 is 1.54. The molecule has 1 aliphatic heterocycles. The van der Waals surface area contributed by atoms with Crippen molar-refractivity contribution in [2.75, 3.05) is 31.1 Å². The molecule has 9 heteroatoms. The number of nitrogens with zero attached hydrogens (tertiary/aromatic N) is 6. The summed E-state index contributed by atoms with van der Waals surface area (Å²) in [6.07, 6.45) is 3.04. The third-order valence-electron chi connectivity index (χ3n) is 7.57. The van der Waals surface area contributed by atoms with E-state index in [0.717, 1.165) is 22.4 Å². The molecule has 0 aliphatic carbocycles. The molecular weight excluding hydrogens is 536 g/mol. The number of hydrogen-bond donors (Lipinski definition) is 0. The molecule has 4 heterocycles. The normalized spacial score (nSPS) is 13.5. The number of amides is 1. The minimum atomic E-state index is -0.462. The number of halogens is 1. The number of aryl methyl sites for hydroxylation is 2. The molecule has 0 spiro atoms. The first-order valence-electron chi connectivity index (χ1n) is 13.5. The van der Waals surface area contributed by atoms with Gasteiger partial charge in [-0.25, -0.2) is 9.83 Å². The number of benzene rings is 1. The van der Waals surface area contributed by atoms with E-state index in [1.807, 2.05) is 69.0 Å². The van der Waals surface area contributed by atoms with Crippen molar-refractivity contribution in [1.29, 1.82) is 0 Å². The van der Waals surface area contributed by atoms with Gasteiger partial charge < -0.3 is 9.80 Å². The molecule has 208 valence electrons. The standard InChI is InChI=1S/C32H31ClN6O2/c1-7-25(40)37-14-16-38(17-15-37)30-23-18-24(33)27(22-11-9-8-10-20(22)4)36-31(23)39(32(41)28(30)34-6)29-21(5)12-13-35-26(29)19(2)3/h7-13,18-19H,1,14-17H2,2-5H3. The molecule has 0 unspecified atom stereocenters. The Kier molecular flexibility index (Phi) is 7.65. The molecule has 0 N–H and O–H groups in total. The van der Waals surface area contributed by atoms with Crippen LogP contribution >= 0.6 is 11.6 Å². The maximum Gasteiger partial charge on any atom is 0.274 e. The number of hydrogen-bond acceptors (Lipinski definition) is 5. The van der Waals surface area contributed by atoms with E-state index in [9.17, 15) is 9.59 Å². The summed E-state index contributed by atoms with van der Waals surface area (Å²) in [4.78, 5) is 43.7. The number of anilines is 1. The van der Waals surface area contributed by atoms with Crippen LogP contribution in [0.4, 0.5) is 11.4 Å². The van der Waals surface area contributed by atoms with Gasteiger partial charge in [-0.15, -0.1) is 0 Å². The highest BCUT2D eigenvalue weighted by Gasteiger charge is 2.29. The van der Waals surface area contributed by atoms with Crippen molar-refractivity contribution in [2.45, 2.75) is 33.6 Å². The Hall–Kier alpha value is -4.48. The number of fused-ring (bicyclic) bond motifs is 1. The number of aromatic nitrogens is 3. The summed E-state index contributed by atoms with van der Waals surface area (Å²) in [5, 5.41) is 1.01. The van der Waals surface area contributed by atoms with Crippen LogP contribution in [0.3, 0.4) is 0 Å². The number of carbonyl (C=O) groups is 1. The van der Waals surface area contributed by atoms with Crippen LogP contribution in [-0.2, 0) is 4.79 Å². The summed E-state index contributed by atoms with van der Waals surface area (Å²) in [5.74, 6) is -0.127. The molecule has 1 aliphatic rings. The summed E-state index contributed by atoms with van der Waals surface area (Å²) >= 11 is 6.93. The third kappa shape index (κ3) is 4.87. The average molecular weight is 567 g/mol. The van der Waals surface area contributed by atoms with Crippen LogP contribution in [0.2, 0.25) is 5.02 Å². The molecule has 1 amide bonds. The van der Waals surface area contributed by atoms with Crippen LogP contribution in [0.25, 0.3) is 32.8 Å². The van der Waals surface area contributed by atoms with Gasteiger partial charge >= 0.3 is 0 Å². The summed E-state index contributed by atoms with van der Waals surface area (Å²) in [6.45, 7) is 21.4. The molecule has 0 saturated carbocycles. The monoisotopic (exact) mass is 566 g/mol. The van der Waals surface area contributed by atoms with Crippen molar-refractivity contribution in [2.24, 2.45) is 0 Å². The van der Waals surface area contributed by atoms with Gasteiger partial charge in [0.05, 0.1) is 34.4 Å². The molecule has 4 aromatic rings. The van der Waals surface area contributed by atoms with Crippen LogP contribution in [0.1, 0.15) is 36.6 Å². The second-order valence-electron chi connectivity index (χ2n) is 10.5. The Balaban J connectivity index is 1.87. The molecule has 1 saturated heterocycles. The quantitative estimate of drug-likeness (QED) is 0.211. The zero-order valence-electron chi connectivity index (χ0n) is 23.6. The highest BCUT2D eigenvalue weighted by Crippen LogP contribution is 2.40. The van der Waals surface area contributed by atoms with E-state index >= 15 is 0 Å². The van der Waals surface area contributed by atoms with Gasteiger partial charge in [-0.1, -0.05) is 56.3 Å². The summed E-state index contributed by atoms with van der Waals surface area (Å²) in [5.41, 5.74) is 5.04. The van der Waals surface area contributed by atoms with E-state index in [0.29, 0.717) is 59.3 Å². The second-order valence-corrected chi connectivity index (χ2v) is 10.9. The van der Waals surface area contributed by atoms with E-state index in [4.69, 9.17) is 23.2 Å². The first-order chi connectivity index (χ1) is 19.7. The van der Waals surface area contributed by atoms with Gasteiger partial charge in [0.15, 0.2) is 0 Å². The number of rotatable bonds is 5. The molecular formula is C32H31ClN6O2. The van der Waals surface area contributed by atoms with Crippen LogP contribution < -0.4 is 10.5 Å². The van der Waals surface area contributed by atoms with E-state index in [1.165, 1.54) is 6.08 Å². The lowest BCUT2D eigenvalue weighted by molar-refractivity contribution is -0.126. The Morgan fingerprint density at radius 3 is 2.44 bits per heavy atom. The number of pyridine rings is 3. The minimum absolute atomic E-state index is 0.0135. The van der Waals surface area contributed by atoms with Crippen molar-refractivity contribution >= 4 is 39.9 Å². The van der Waals surface area contributed by atoms with Crippen molar-refractivity contribution in [3.8, 4) is 16.9 Å². The third-order valence-corrected chi connectivity index (χ3v) is 7.86. The van der Waals surface area contributed by atoms with Gasteiger partial charge in [0, 0.05) is 43.3 Å². The number of carbonyl (C=O) groups excluding carboxylic acids is 1. The minimum Gasteiger partial charge on any atom is -0.376 e. The maximum absolute atomic E-state index is 14.4. The molecule has 5 rings (SSSR count). The largest absolute Gasteiger partial charge is 0.376 e. The summed E-state index contributed by atoms with van der Waals surface area (Å²) in [7, 11) is 0. The number of piperazine rings is 1. The zero-order chi connectivity index (χ0) is 29.4. The van der Waals surface area contributed by atoms with Gasteiger partial charge in [-0.05, 0) is 49.1 Å². The first kappa shape index (κ1) is 28.1. The molecule has 41 heavy (non-hydrogen) atoms. The fourth-order valence-electron chi connectivity index (χ4n) is 5.48. The van der Waals surface area contributed by atoms with Crippen molar-refractivity contribution in [3.63, 3.8) is 0 Å². The van der Waals surface area contributed by atoms with Crippen LogP contribution in [0, 0.1) is 20.4 Å². The second kappa shape index (κ2) is 11.2. The van der Waals surface area contributed by atoms with Crippen LogP contribution in [0.15, 0.2) is 60.0 Å². The van der Waals surface area contributed by atoms with Gasteiger partial charge in [-0.2, -0.15) is 0 Å². The lowest BCUT2D eigenvalue weighted by Gasteiger charge is -2.37. The smallest absolute Gasteiger partial charge is 0.274 e. The topological polar surface area (TPSA) is 75.7 Å². The highest BCUT2D eigenvalue weighted by molar-refractivity contribution is 6.34. The lowest BCUT2D eigenvalue weighted by Crippen LogP contribution is -2.48. The molecule has 0 atom stereocenters. The molecule has 0 bridgehead atoms. The van der Waals surface area contributed by atoms with Gasteiger partial charge in [0.1, 0.15) is 5.65 Å². The molecule has 8 nitrogen and oxygen atoms in total. The average Bonchev–Trinajstić information content (AvgIpc) is 2.97. The van der Waals surface area contributed by atoms with Gasteiger partial charge in [0.2, 0.25) is 5.91 Å². The molecule has 3 aromatic heterocycles. The SMILES string of the molecule is [C-]#[N+]c1c(N2CCN(C(=O)C=C)CC2)c2cc(Cl)c(-c3ccccc3C)nc2n(-c2c(C)ccnc2C(C)C)c1=O. The zero-order valence-corrected chi connectivity index (χ0v) is 24.4. The van der Waals surface area contributed by atoms with Gasteiger partial charge in [0.25, 0.3) is 11.2 Å².